The van der Waals surface area contributed by atoms with Crippen molar-refractivity contribution in [3.05, 3.63) is 58.9 Å². The third-order valence-corrected chi connectivity index (χ3v) is 5.32. The van der Waals surface area contributed by atoms with Crippen molar-refractivity contribution in [1.82, 2.24) is 4.98 Å². The normalized spacial score (nSPS) is 24.4. The summed E-state index contributed by atoms with van der Waals surface area (Å²) in [5.41, 5.74) is 5.27. The van der Waals surface area contributed by atoms with Gasteiger partial charge in [0, 0.05) is 35.9 Å². The lowest BCUT2D eigenvalue weighted by atomic mass is 9.90. The van der Waals surface area contributed by atoms with Crippen LogP contribution >= 0.6 is 0 Å². The Morgan fingerprint density at radius 2 is 1.88 bits per heavy atom. The van der Waals surface area contributed by atoms with E-state index in [9.17, 15) is 0 Å². The number of aromatic nitrogens is 1. The Hall–Kier alpha value is -2.16. The highest BCUT2D eigenvalue weighted by atomic mass is 16.5. The van der Waals surface area contributed by atoms with E-state index in [2.05, 4.69) is 44.0 Å². The maximum atomic E-state index is 6.41. The van der Waals surface area contributed by atoms with Crippen molar-refractivity contribution in [2.24, 2.45) is 10.4 Å². The Morgan fingerprint density at radius 1 is 1.08 bits per heavy atom. The van der Waals surface area contributed by atoms with Crippen LogP contribution in [0, 0.1) is 19.3 Å². The van der Waals surface area contributed by atoms with Gasteiger partial charge in [0.1, 0.15) is 5.75 Å². The van der Waals surface area contributed by atoms with Crippen LogP contribution < -0.4 is 4.74 Å². The fraction of sp³-hybridized carbons (Fsp3) is 0.429. The van der Waals surface area contributed by atoms with Crippen molar-refractivity contribution in [3.63, 3.8) is 0 Å². The maximum Gasteiger partial charge on any atom is 0.201 e. The molecule has 4 rings (SSSR count). The zero-order valence-corrected chi connectivity index (χ0v) is 14.9. The molecule has 0 amide bonds. The molecule has 2 aliphatic rings. The molecule has 3 heteroatoms. The van der Waals surface area contributed by atoms with Gasteiger partial charge in [0.2, 0.25) is 5.72 Å². The van der Waals surface area contributed by atoms with Crippen molar-refractivity contribution in [2.45, 2.75) is 52.7 Å². The van der Waals surface area contributed by atoms with E-state index in [0.29, 0.717) is 0 Å². The average molecular weight is 320 g/mol. The molecule has 0 radical (unpaired) electrons. The number of benzene rings is 1. The van der Waals surface area contributed by atoms with E-state index in [0.717, 1.165) is 47.5 Å². The number of aliphatic imine (C=N–C) groups is 1. The summed E-state index contributed by atoms with van der Waals surface area (Å²) >= 11 is 0. The maximum absolute atomic E-state index is 6.41. The number of ether oxygens (including phenoxy) is 1. The summed E-state index contributed by atoms with van der Waals surface area (Å²) in [7, 11) is 0. The third kappa shape index (κ3) is 2.52. The number of aryl methyl sites for hydroxylation is 2. The minimum atomic E-state index is -0.425. The minimum Gasteiger partial charge on any atom is -0.465 e. The number of para-hydroxylation sites is 1. The molecule has 2 heterocycles. The number of fused-ring (bicyclic) bond motifs is 1. The second-order valence-electron chi connectivity index (χ2n) is 7.97. The van der Waals surface area contributed by atoms with Crippen LogP contribution in [0.1, 0.15) is 55.5 Å². The predicted octanol–water partition coefficient (Wildman–Crippen LogP) is 4.83. The molecule has 0 saturated heterocycles. The van der Waals surface area contributed by atoms with Crippen molar-refractivity contribution in [3.8, 4) is 5.75 Å². The first kappa shape index (κ1) is 15.4. The zero-order chi connectivity index (χ0) is 16.9. The molecule has 1 aliphatic carbocycles. The van der Waals surface area contributed by atoms with Crippen molar-refractivity contribution < 1.29 is 4.74 Å². The van der Waals surface area contributed by atoms with E-state index in [1.54, 1.807) is 0 Å². The molecule has 0 bridgehead atoms. The van der Waals surface area contributed by atoms with E-state index in [-0.39, 0.29) is 5.41 Å². The number of hydrogen-bond donors (Lipinski definition) is 0. The predicted molar refractivity (Wildman–Crippen MR) is 96.8 cm³/mol. The van der Waals surface area contributed by atoms with Gasteiger partial charge in [-0.25, -0.2) is 4.99 Å². The van der Waals surface area contributed by atoms with E-state index in [1.165, 1.54) is 5.56 Å². The molecule has 1 fully saturated rings. The van der Waals surface area contributed by atoms with Gasteiger partial charge in [0.05, 0.1) is 5.71 Å². The van der Waals surface area contributed by atoms with Crippen LogP contribution in [0.5, 0.6) is 5.75 Å². The van der Waals surface area contributed by atoms with Crippen molar-refractivity contribution in [2.75, 3.05) is 0 Å². The van der Waals surface area contributed by atoms with Gasteiger partial charge in [0.25, 0.3) is 0 Å². The summed E-state index contributed by atoms with van der Waals surface area (Å²) in [6.45, 7) is 8.75. The van der Waals surface area contributed by atoms with E-state index in [1.807, 2.05) is 25.3 Å². The van der Waals surface area contributed by atoms with Gasteiger partial charge in [-0.1, -0.05) is 26.0 Å². The number of hydrogen-bond acceptors (Lipinski definition) is 3. The fourth-order valence-corrected chi connectivity index (χ4v) is 3.88. The Kier molecular flexibility index (Phi) is 3.31. The molecular weight excluding hydrogens is 296 g/mol. The molecule has 24 heavy (non-hydrogen) atoms. The zero-order valence-electron chi connectivity index (χ0n) is 14.9. The second kappa shape index (κ2) is 5.17. The average Bonchev–Trinajstić information content (AvgIpc) is 2.83. The van der Waals surface area contributed by atoms with Crippen LogP contribution in [0.3, 0.4) is 0 Å². The quantitative estimate of drug-likeness (QED) is 0.754. The standard InChI is InChI=1S/C21H24N2O/c1-14-11-16(12-22-15(14)2)19-17-7-5-6-8-18(17)24-21(23-19)10-9-20(3,4)13-21/h5-8,11-12H,9-10,13H2,1-4H3. The van der Waals surface area contributed by atoms with Crippen LogP contribution in [-0.4, -0.2) is 16.4 Å². The summed E-state index contributed by atoms with van der Waals surface area (Å²) < 4.78 is 6.41. The van der Waals surface area contributed by atoms with Crippen LogP contribution in [0.15, 0.2) is 41.5 Å². The van der Waals surface area contributed by atoms with Crippen LogP contribution in [0.2, 0.25) is 0 Å². The Bertz CT molecular complexity index is 837. The van der Waals surface area contributed by atoms with Gasteiger partial charge in [-0.3, -0.25) is 4.98 Å². The summed E-state index contributed by atoms with van der Waals surface area (Å²) in [6, 6.07) is 10.4. The lowest BCUT2D eigenvalue weighted by molar-refractivity contribution is 0.0706. The van der Waals surface area contributed by atoms with Gasteiger partial charge < -0.3 is 4.74 Å². The lowest BCUT2D eigenvalue weighted by Gasteiger charge is -2.34. The lowest BCUT2D eigenvalue weighted by Crippen LogP contribution is -2.37. The van der Waals surface area contributed by atoms with Gasteiger partial charge in [-0.05, 0) is 49.4 Å². The highest BCUT2D eigenvalue weighted by molar-refractivity contribution is 6.15. The van der Waals surface area contributed by atoms with Gasteiger partial charge in [-0.2, -0.15) is 0 Å². The molecular formula is C21H24N2O. The SMILES string of the molecule is Cc1cc(C2=NC3(CCC(C)(C)C3)Oc3ccccc32)cnc1C. The highest BCUT2D eigenvalue weighted by Gasteiger charge is 2.47. The highest BCUT2D eigenvalue weighted by Crippen LogP contribution is 2.49. The molecule has 1 unspecified atom stereocenters. The van der Waals surface area contributed by atoms with E-state index in [4.69, 9.17) is 9.73 Å². The topological polar surface area (TPSA) is 34.5 Å². The minimum absolute atomic E-state index is 0.266. The van der Waals surface area contributed by atoms with Crippen molar-refractivity contribution in [1.29, 1.82) is 0 Å². The number of nitrogens with zero attached hydrogens (tertiary/aromatic N) is 2. The first-order valence-electron chi connectivity index (χ1n) is 8.69. The van der Waals surface area contributed by atoms with Crippen LogP contribution in [0.4, 0.5) is 0 Å². The Balaban J connectivity index is 1.87. The monoisotopic (exact) mass is 320 g/mol. The molecule has 3 nitrogen and oxygen atoms in total. The molecule has 1 spiro atoms. The number of pyridine rings is 1. The molecule has 2 aromatic rings. The Labute approximate surface area is 143 Å². The first-order chi connectivity index (χ1) is 11.4. The molecule has 1 aliphatic heterocycles. The summed E-state index contributed by atoms with van der Waals surface area (Å²) in [5, 5.41) is 0. The molecule has 1 saturated carbocycles. The van der Waals surface area contributed by atoms with Gasteiger partial charge >= 0.3 is 0 Å². The van der Waals surface area contributed by atoms with Crippen LogP contribution in [0.25, 0.3) is 0 Å². The Morgan fingerprint density at radius 3 is 2.58 bits per heavy atom. The second-order valence-corrected chi connectivity index (χ2v) is 7.97. The van der Waals surface area contributed by atoms with Crippen molar-refractivity contribution >= 4 is 5.71 Å². The molecule has 0 N–H and O–H groups in total. The van der Waals surface area contributed by atoms with Gasteiger partial charge in [0.15, 0.2) is 0 Å². The first-order valence-corrected chi connectivity index (χ1v) is 8.69. The molecule has 124 valence electrons. The summed E-state index contributed by atoms with van der Waals surface area (Å²) in [5.74, 6) is 0.943. The molecule has 1 aromatic heterocycles. The van der Waals surface area contributed by atoms with Crippen LogP contribution in [-0.2, 0) is 0 Å². The molecule has 1 aromatic carbocycles. The summed E-state index contributed by atoms with van der Waals surface area (Å²) in [4.78, 5) is 9.69. The fourth-order valence-electron chi connectivity index (χ4n) is 3.88. The smallest absolute Gasteiger partial charge is 0.201 e. The number of rotatable bonds is 1. The van der Waals surface area contributed by atoms with Gasteiger partial charge in [-0.15, -0.1) is 0 Å². The third-order valence-electron chi connectivity index (χ3n) is 5.32. The largest absolute Gasteiger partial charge is 0.465 e. The van der Waals surface area contributed by atoms with E-state index < -0.39 is 5.72 Å². The molecule has 1 atom stereocenters. The summed E-state index contributed by atoms with van der Waals surface area (Å²) in [6.07, 6.45) is 5.00. The van der Waals surface area contributed by atoms with E-state index >= 15 is 0 Å².